The van der Waals surface area contributed by atoms with Gasteiger partial charge in [-0.2, -0.15) is 0 Å². The monoisotopic (exact) mass is 268 g/mol. The normalized spacial score (nSPS) is 10.8. The van der Waals surface area contributed by atoms with E-state index in [1.54, 1.807) is 7.11 Å². The molecule has 1 aromatic rings. The van der Waals surface area contributed by atoms with E-state index in [1.165, 1.54) is 5.56 Å². The number of allylic oxidation sites excluding steroid dienone is 2. The molecular formula is C13H17BrO. The van der Waals surface area contributed by atoms with Crippen molar-refractivity contribution in [2.24, 2.45) is 0 Å². The summed E-state index contributed by atoms with van der Waals surface area (Å²) in [7, 11) is 1.72. The van der Waals surface area contributed by atoms with Gasteiger partial charge in [-0.3, -0.25) is 0 Å². The summed E-state index contributed by atoms with van der Waals surface area (Å²) in [6, 6.07) is 8.19. The van der Waals surface area contributed by atoms with Crippen LogP contribution in [0.3, 0.4) is 0 Å². The molecule has 0 aromatic heterocycles. The molecule has 0 bridgehead atoms. The largest absolute Gasteiger partial charge is 0.496 e. The van der Waals surface area contributed by atoms with E-state index in [9.17, 15) is 0 Å². The van der Waals surface area contributed by atoms with Crippen LogP contribution in [0.1, 0.15) is 18.4 Å². The minimum absolute atomic E-state index is 0.992. The molecule has 1 nitrogen and oxygen atoms in total. The Morgan fingerprint density at radius 1 is 1.20 bits per heavy atom. The van der Waals surface area contributed by atoms with Gasteiger partial charge < -0.3 is 4.74 Å². The lowest BCUT2D eigenvalue weighted by Crippen LogP contribution is -1.90. The zero-order valence-electron chi connectivity index (χ0n) is 9.08. The Hall–Kier alpha value is -0.760. The maximum absolute atomic E-state index is 5.29. The Labute approximate surface area is 100 Å². The van der Waals surface area contributed by atoms with Crippen molar-refractivity contribution in [1.29, 1.82) is 0 Å². The summed E-state index contributed by atoms with van der Waals surface area (Å²) in [4.78, 5) is 0. The molecule has 0 aliphatic carbocycles. The SMILES string of the molecule is COc1ccccc1CCC=CCCBr. The highest BCUT2D eigenvalue weighted by Gasteiger charge is 1.98. The molecule has 1 aromatic carbocycles. The molecule has 2 heteroatoms. The van der Waals surface area contributed by atoms with Gasteiger partial charge in [0.15, 0.2) is 0 Å². The average molecular weight is 269 g/mol. The van der Waals surface area contributed by atoms with E-state index < -0.39 is 0 Å². The Balaban J connectivity index is 2.43. The topological polar surface area (TPSA) is 9.23 Å². The van der Waals surface area contributed by atoms with Gasteiger partial charge in [-0.15, -0.1) is 0 Å². The summed E-state index contributed by atoms with van der Waals surface area (Å²) in [6.45, 7) is 0. The molecule has 0 fully saturated rings. The number of hydrogen-bond donors (Lipinski definition) is 0. The van der Waals surface area contributed by atoms with Crippen molar-refractivity contribution >= 4 is 15.9 Å². The zero-order chi connectivity index (χ0) is 10.9. The van der Waals surface area contributed by atoms with Gasteiger partial charge in [0, 0.05) is 5.33 Å². The van der Waals surface area contributed by atoms with Crippen LogP contribution in [0.4, 0.5) is 0 Å². The number of aryl methyl sites for hydroxylation is 1. The van der Waals surface area contributed by atoms with Crippen LogP contribution in [0.2, 0.25) is 0 Å². The molecule has 0 N–H and O–H groups in total. The summed E-state index contributed by atoms with van der Waals surface area (Å²) in [5.41, 5.74) is 1.28. The Bertz CT molecular complexity index is 307. The highest BCUT2D eigenvalue weighted by atomic mass is 79.9. The van der Waals surface area contributed by atoms with Crippen molar-refractivity contribution < 1.29 is 4.74 Å². The summed E-state index contributed by atoms with van der Waals surface area (Å²) < 4.78 is 5.29. The second kappa shape index (κ2) is 7.52. The van der Waals surface area contributed by atoms with E-state index in [0.717, 1.165) is 30.3 Å². The van der Waals surface area contributed by atoms with Crippen LogP contribution in [0.5, 0.6) is 5.75 Å². The maximum Gasteiger partial charge on any atom is 0.122 e. The van der Waals surface area contributed by atoms with E-state index in [-0.39, 0.29) is 0 Å². The molecule has 0 spiro atoms. The molecule has 0 heterocycles. The zero-order valence-corrected chi connectivity index (χ0v) is 10.7. The maximum atomic E-state index is 5.29. The van der Waals surface area contributed by atoms with Crippen LogP contribution in [0.15, 0.2) is 36.4 Å². The number of hydrogen-bond acceptors (Lipinski definition) is 1. The summed E-state index contributed by atoms with van der Waals surface area (Å²) in [6.07, 6.45) is 7.67. The number of rotatable bonds is 6. The molecule has 0 unspecified atom stereocenters. The fourth-order valence-electron chi connectivity index (χ4n) is 1.45. The van der Waals surface area contributed by atoms with E-state index in [0.29, 0.717) is 0 Å². The van der Waals surface area contributed by atoms with Gasteiger partial charge in [-0.05, 0) is 30.9 Å². The second-order valence-corrected chi connectivity index (χ2v) is 4.09. The smallest absolute Gasteiger partial charge is 0.122 e. The van der Waals surface area contributed by atoms with Crippen LogP contribution in [0.25, 0.3) is 0 Å². The number of para-hydroxylation sites is 1. The van der Waals surface area contributed by atoms with Gasteiger partial charge in [0.1, 0.15) is 5.75 Å². The third-order valence-corrected chi connectivity index (χ3v) is 2.67. The van der Waals surface area contributed by atoms with Crippen LogP contribution < -0.4 is 4.74 Å². The molecule has 1 rings (SSSR count). The molecule has 0 aliphatic rings. The highest BCUT2D eigenvalue weighted by molar-refractivity contribution is 9.09. The number of halogens is 1. The number of ether oxygens (including phenoxy) is 1. The molecular weight excluding hydrogens is 252 g/mol. The molecule has 0 aliphatic heterocycles. The molecule has 0 saturated carbocycles. The molecule has 0 amide bonds. The Kier molecular flexibility index (Phi) is 6.17. The first kappa shape index (κ1) is 12.3. The van der Waals surface area contributed by atoms with Crippen molar-refractivity contribution in [2.75, 3.05) is 12.4 Å². The number of alkyl halides is 1. The van der Waals surface area contributed by atoms with Crippen molar-refractivity contribution in [3.63, 3.8) is 0 Å². The fourth-order valence-corrected chi connectivity index (χ4v) is 1.71. The van der Waals surface area contributed by atoms with E-state index in [2.05, 4.69) is 40.2 Å². The first-order valence-corrected chi connectivity index (χ1v) is 6.33. The van der Waals surface area contributed by atoms with E-state index >= 15 is 0 Å². The van der Waals surface area contributed by atoms with Gasteiger partial charge in [0.05, 0.1) is 7.11 Å². The van der Waals surface area contributed by atoms with Gasteiger partial charge >= 0.3 is 0 Å². The predicted molar refractivity (Wildman–Crippen MR) is 68.9 cm³/mol. The molecule has 0 radical (unpaired) electrons. The van der Waals surface area contributed by atoms with Gasteiger partial charge in [0.25, 0.3) is 0 Å². The molecule has 15 heavy (non-hydrogen) atoms. The number of methoxy groups -OCH3 is 1. The second-order valence-electron chi connectivity index (χ2n) is 3.30. The van der Waals surface area contributed by atoms with Crippen molar-refractivity contribution in [1.82, 2.24) is 0 Å². The summed E-state index contributed by atoms with van der Waals surface area (Å²) in [5, 5.41) is 1.04. The van der Waals surface area contributed by atoms with Crippen LogP contribution in [0, 0.1) is 0 Å². The van der Waals surface area contributed by atoms with Crippen molar-refractivity contribution in [3.05, 3.63) is 42.0 Å². The van der Waals surface area contributed by atoms with Crippen LogP contribution >= 0.6 is 15.9 Å². The predicted octanol–water partition coefficient (Wildman–Crippen LogP) is 3.97. The van der Waals surface area contributed by atoms with Crippen molar-refractivity contribution in [3.8, 4) is 5.75 Å². The lowest BCUT2D eigenvalue weighted by molar-refractivity contribution is 0.409. The van der Waals surface area contributed by atoms with Gasteiger partial charge in [0.2, 0.25) is 0 Å². The quantitative estimate of drug-likeness (QED) is 0.561. The van der Waals surface area contributed by atoms with E-state index in [4.69, 9.17) is 4.74 Å². The van der Waals surface area contributed by atoms with Gasteiger partial charge in [-0.1, -0.05) is 46.3 Å². The lowest BCUT2D eigenvalue weighted by Gasteiger charge is -2.05. The number of benzene rings is 1. The minimum Gasteiger partial charge on any atom is -0.496 e. The first-order valence-electron chi connectivity index (χ1n) is 5.21. The molecule has 0 saturated heterocycles. The molecule has 0 atom stereocenters. The highest BCUT2D eigenvalue weighted by Crippen LogP contribution is 2.18. The minimum atomic E-state index is 0.992. The third kappa shape index (κ3) is 4.52. The molecule has 82 valence electrons. The van der Waals surface area contributed by atoms with Crippen LogP contribution in [-0.4, -0.2) is 12.4 Å². The summed E-state index contributed by atoms with van der Waals surface area (Å²) in [5.74, 6) is 0.992. The Morgan fingerprint density at radius 3 is 2.67 bits per heavy atom. The van der Waals surface area contributed by atoms with Gasteiger partial charge in [-0.25, -0.2) is 0 Å². The standard InChI is InChI=1S/C13H17BrO/c1-15-13-10-6-5-9-12(13)8-4-2-3-7-11-14/h2-3,5-6,9-10H,4,7-8,11H2,1H3. The van der Waals surface area contributed by atoms with Crippen LogP contribution in [-0.2, 0) is 6.42 Å². The first-order chi connectivity index (χ1) is 7.38. The van der Waals surface area contributed by atoms with E-state index in [1.807, 2.05) is 12.1 Å². The third-order valence-electron chi connectivity index (χ3n) is 2.22. The fraction of sp³-hybridized carbons (Fsp3) is 0.385. The Morgan fingerprint density at radius 2 is 1.93 bits per heavy atom. The lowest BCUT2D eigenvalue weighted by atomic mass is 10.1. The van der Waals surface area contributed by atoms with Crippen molar-refractivity contribution in [2.45, 2.75) is 19.3 Å². The average Bonchev–Trinajstić information content (AvgIpc) is 2.29. The summed E-state index contributed by atoms with van der Waals surface area (Å²) >= 11 is 3.40.